The summed E-state index contributed by atoms with van der Waals surface area (Å²) in [4.78, 5) is 49.8. The summed E-state index contributed by atoms with van der Waals surface area (Å²) in [5.74, 6) is -0.357. The van der Waals surface area contributed by atoms with Gasteiger partial charge in [-0.1, -0.05) is 24.2 Å². The molecule has 182 valence electrons. The van der Waals surface area contributed by atoms with Crippen LogP contribution in [0.3, 0.4) is 0 Å². The Bertz CT molecular complexity index is 1030. The topological polar surface area (TPSA) is 118 Å². The predicted molar refractivity (Wildman–Crippen MR) is 128 cm³/mol. The van der Waals surface area contributed by atoms with Gasteiger partial charge in [-0.3, -0.25) is 9.59 Å². The van der Waals surface area contributed by atoms with Crippen LogP contribution in [0.1, 0.15) is 31.3 Å². The van der Waals surface area contributed by atoms with Gasteiger partial charge in [-0.2, -0.15) is 0 Å². The Balaban J connectivity index is 0.000000240. The average molecular weight is 489 g/mol. The van der Waals surface area contributed by atoms with Gasteiger partial charge in [0.1, 0.15) is 22.8 Å². The number of nitrogens with one attached hydrogen (secondary N) is 1. The van der Waals surface area contributed by atoms with Gasteiger partial charge in [0, 0.05) is 33.2 Å². The summed E-state index contributed by atoms with van der Waals surface area (Å²) in [5, 5.41) is 2.87. The zero-order valence-electron chi connectivity index (χ0n) is 19.7. The fourth-order valence-electron chi connectivity index (χ4n) is 2.87. The Kier molecular flexibility index (Phi) is 9.49. The van der Waals surface area contributed by atoms with Gasteiger partial charge in [0.05, 0.1) is 11.4 Å². The summed E-state index contributed by atoms with van der Waals surface area (Å²) in [6.07, 6.45) is 2.30. The number of rotatable bonds is 3. The number of nitrogens with zero attached hydrogens (tertiary/aromatic N) is 5. The smallest absolute Gasteiger partial charge is 0.410 e. The number of halogens is 1. The molecule has 0 spiro atoms. The molecule has 0 aliphatic carbocycles. The van der Waals surface area contributed by atoms with Crippen molar-refractivity contribution in [2.75, 3.05) is 33.2 Å². The van der Waals surface area contributed by atoms with E-state index in [0.717, 1.165) is 0 Å². The monoisotopic (exact) mass is 488 g/mol. The number of ether oxygens (including phenoxy) is 1. The zero-order valence-corrected chi connectivity index (χ0v) is 20.5. The lowest BCUT2D eigenvalue weighted by atomic mass is 10.2. The first-order valence-corrected chi connectivity index (χ1v) is 11.0. The Morgan fingerprint density at radius 3 is 2.29 bits per heavy atom. The van der Waals surface area contributed by atoms with E-state index < -0.39 is 5.60 Å². The van der Waals surface area contributed by atoms with Gasteiger partial charge >= 0.3 is 6.09 Å². The lowest BCUT2D eigenvalue weighted by Gasteiger charge is -2.35. The van der Waals surface area contributed by atoms with Crippen LogP contribution in [-0.2, 0) is 9.53 Å². The summed E-state index contributed by atoms with van der Waals surface area (Å²) in [6.45, 7) is 11.0. The summed E-state index contributed by atoms with van der Waals surface area (Å²) < 4.78 is 5.26. The van der Waals surface area contributed by atoms with Crippen LogP contribution in [-0.4, -0.2) is 81.5 Å². The minimum atomic E-state index is -0.481. The van der Waals surface area contributed by atoms with E-state index in [-0.39, 0.29) is 17.9 Å². The maximum absolute atomic E-state index is 11.7. The largest absolute Gasteiger partial charge is 0.444 e. The van der Waals surface area contributed by atoms with Gasteiger partial charge in [0.15, 0.2) is 0 Å². The molecule has 3 heterocycles. The second-order valence-corrected chi connectivity index (χ2v) is 8.60. The molecule has 1 aliphatic heterocycles. The van der Waals surface area contributed by atoms with Gasteiger partial charge < -0.3 is 19.9 Å². The van der Waals surface area contributed by atoms with Gasteiger partial charge in [0.2, 0.25) is 5.91 Å². The van der Waals surface area contributed by atoms with Crippen molar-refractivity contribution in [3.63, 3.8) is 0 Å². The molecule has 0 bridgehead atoms. The third kappa shape index (κ3) is 8.11. The second-order valence-electron chi connectivity index (χ2n) is 8.21. The van der Waals surface area contributed by atoms with Gasteiger partial charge in [-0.25, -0.2) is 19.7 Å². The standard InChI is InChI=1S/C12H20N2O3.C11H9ClN4O/c1-5-10(15)13-6-8-14(9-7-13)11(16)17-12(2,3)4;1-13-11(17)9-5-8(14-6-15-9)7-3-2-4-10(12)16-7/h5H,1,6-9H2,2-4H3;2-6H,1H3,(H,13,17). The SMILES string of the molecule is C=CC(=O)N1CCN(C(=O)OC(C)(C)C)CC1.CNC(=O)c1cc(-c2cccc(Cl)n2)ncn1. The average Bonchev–Trinajstić information content (AvgIpc) is 2.82. The molecular formula is C23H29ClN6O4. The minimum absolute atomic E-state index is 0.0890. The molecule has 0 radical (unpaired) electrons. The summed E-state index contributed by atoms with van der Waals surface area (Å²) in [7, 11) is 1.54. The third-order valence-corrected chi connectivity index (χ3v) is 4.73. The molecule has 3 rings (SSSR count). The van der Waals surface area contributed by atoms with Crippen molar-refractivity contribution in [3.05, 3.63) is 54.1 Å². The Morgan fingerprint density at radius 2 is 1.74 bits per heavy atom. The Hall–Kier alpha value is -3.53. The number of carbonyl (C=O) groups is 3. The zero-order chi connectivity index (χ0) is 25.3. The maximum Gasteiger partial charge on any atom is 0.410 e. The highest BCUT2D eigenvalue weighted by atomic mass is 35.5. The highest BCUT2D eigenvalue weighted by molar-refractivity contribution is 6.29. The molecule has 3 amide bonds. The lowest BCUT2D eigenvalue weighted by Crippen LogP contribution is -2.51. The van der Waals surface area contributed by atoms with Crippen molar-refractivity contribution >= 4 is 29.5 Å². The molecule has 1 saturated heterocycles. The van der Waals surface area contributed by atoms with E-state index in [1.807, 2.05) is 20.8 Å². The summed E-state index contributed by atoms with van der Waals surface area (Å²) >= 11 is 5.79. The Labute approximate surface area is 204 Å². The normalized spacial score (nSPS) is 13.3. The van der Waals surface area contributed by atoms with E-state index in [9.17, 15) is 14.4 Å². The van der Waals surface area contributed by atoms with Crippen LogP contribution in [0.2, 0.25) is 5.15 Å². The van der Waals surface area contributed by atoms with E-state index in [2.05, 4.69) is 26.8 Å². The van der Waals surface area contributed by atoms with Gasteiger partial charge in [-0.05, 0) is 45.0 Å². The molecule has 2 aromatic heterocycles. The molecule has 0 unspecified atom stereocenters. The molecule has 34 heavy (non-hydrogen) atoms. The predicted octanol–water partition coefficient (Wildman–Crippen LogP) is 2.80. The highest BCUT2D eigenvalue weighted by Gasteiger charge is 2.26. The first-order valence-electron chi connectivity index (χ1n) is 10.6. The lowest BCUT2D eigenvalue weighted by molar-refractivity contribution is -0.127. The molecule has 1 N–H and O–H groups in total. The van der Waals surface area contributed by atoms with Crippen molar-refractivity contribution in [1.82, 2.24) is 30.1 Å². The van der Waals surface area contributed by atoms with Crippen molar-refractivity contribution in [2.24, 2.45) is 0 Å². The van der Waals surface area contributed by atoms with E-state index in [0.29, 0.717) is 48.4 Å². The van der Waals surface area contributed by atoms with Crippen molar-refractivity contribution < 1.29 is 19.1 Å². The molecule has 1 aliphatic rings. The number of hydrogen-bond donors (Lipinski definition) is 1. The van der Waals surface area contributed by atoms with Gasteiger partial charge in [0.25, 0.3) is 5.91 Å². The quantitative estimate of drug-likeness (QED) is 0.521. The van der Waals surface area contributed by atoms with E-state index in [4.69, 9.17) is 16.3 Å². The molecule has 1 fully saturated rings. The number of carbonyl (C=O) groups excluding carboxylic acids is 3. The first-order chi connectivity index (χ1) is 16.0. The fourth-order valence-corrected chi connectivity index (χ4v) is 3.03. The van der Waals surface area contributed by atoms with E-state index in [1.54, 1.807) is 41.1 Å². The molecule has 0 aromatic carbocycles. The number of aromatic nitrogens is 3. The summed E-state index contributed by atoms with van der Waals surface area (Å²) in [6, 6.07) is 6.78. The third-order valence-electron chi connectivity index (χ3n) is 4.52. The van der Waals surface area contributed by atoms with Crippen molar-refractivity contribution in [3.8, 4) is 11.4 Å². The molecule has 2 aromatic rings. The fraction of sp³-hybridized carbons (Fsp3) is 0.391. The van der Waals surface area contributed by atoms with Crippen LogP contribution in [0.4, 0.5) is 4.79 Å². The van der Waals surface area contributed by atoms with E-state index >= 15 is 0 Å². The number of pyridine rings is 1. The van der Waals surface area contributed by atoms with Crippen molar-refractivity contribution in [1.29, 1.82) is 0 Å². The van der Waals surface area contributed by atoms with Crippen LogP contribution in [0.15, 0.2) is 43.2 Å². The van der Waals surface area contributed by atoms with Crippen molar-refractivity contribution in [2.45, 2.75) is 26.4 Å². The molecule has 0 atom stereocenters. The number of amides is 3. The Morgan fingerprint density at radius 1 is 1.09 bits per heavy atom. The molecule has 11 heteroatoms. The number of piperazine rings is 1. The highest BCUT2D eigenvalue weighted by Crippen LogP contribution is 2.16. The molecule has 10 nitrogen and oxygen atoms in total. The summed E-state index contributed by atoms with van der Waals surface area (Å²) in [5.41, 5.74) is 0.968. The van der Waals surface area contributed by atoms with Crippen LogP contribution >= 0.6 is 11.6 Å². The first kappa shape index (κ1) is 26.7. The number of hydrogen-bond acceptors (Lipinski definition) is 7. The molecule has 0 saturated carbocycles. The van der Waals surface area contributed by atoms with Crippen LogP contribution < -0.4 is 5.32 Å². The minimum Gasteiger partial charge on any atom is -0.444 e. The van der Waals surface area contributed by atoms with Gasteiger partial charge in [-0.15, -0.1) is 0 Å². The maximum atomic E-state index is 11.7. The van der Waals surface area contributed by atoms with E-state index in [1.165, 1.54) is 12.4 Å². The molecular weight excluding hydrogens is 460 g/mol. The van der Waals surface area contributed by atoms with Crippen LogP contribution in [0.25, 0.3) is 11.4 Å². The van der Waals surface area contributed by atoms with Crippen LogP contribution in [0, 0.1) is 0 Å². The second kappa shape index (κ2) is 12.1. The van der Waals surface area contributed by atoms with Crippen LogP contribution in [0.5, 0.6) is 0 Å².